The lowest BCUT2D eigenvalue weighted by Gasteiger charge is -2.16. The molecule has 1 aromatic heterocycles. The van der Waals surface area contributed by atoms with Crippen molar-refractivity contribution in [3.63, 3.8) is 0 Å². The number of ether oxygens (including phenoxy) is 1. The Morgan fingerprint density at radius 3 is 2.76 bits per heavy atom. The number of alkyl halides is 1. The molecule has 1 aromatic rings. The van der Waals surface area contributed by atoms with Gasteiger partial charge in [-0.05, 0) is 0 Å². The zero-order valence-electron chi connectivity index (χ0n) is 10.7. The molecule has 0 aromatic carbocycles. The predicted molar refractivity (Wildman–Crippen MR) is 74.0 cm³/mol. The molecule has 4 atom stereocenters. The minimum absolute atomic E-state index is 0.0166. The molecule has 0 radical (unpaired) electrons. The quantitative estimate of drug-likeness (QED) is 0.443. The van der Waals surface area contributed by atoms with Crippen molar-refractivity contribution in [3.8, 4) is 0 Å². The van der Waals surface area contributed by atoms with Gasteiger partial charge < -0.3 is 20.3 Å². The third-order valence-electron chi connectivity index (χ3n) is 3.08. The topological polar surface area (TPSA) is 134 Å². The zero-order valence-corrected chi connectivity index (χ0v) is 12.3. The number of aromatic nitrogens is 2. The number of aromatic amines is 1. The maximum Gasteiger partial charge on any atom is 0.330 e. The summed E-state index contributed by atoms with van der Waals surface area (Å²) >= 11 is 2.97. The normalized spacial score (nSPS) is 28.5. The molecular formula is C11H14BrN3O6. The Balaban J connectivity index is 2.14. The molecule has 1 saturated heterocycles. The highest BCUT2D eigenvalue weighted by atomic mass is 79.9. The average Bonchev–Trinajstić information content (AvgIpc) is 2.73. The molecule has 1 amide bonds. The predicted octanol–water partition coefficient (Wildman–Crippen LogP) is -2.33. The summed E-state index contributed by atoms with van der Waals surface area (Å²) in [6.07, 6.45) is -3.48. The van der Waals surface area contributed by atoms with Crippen LogP contribution in [0.3, 0.4) is 0 Å². The highest BCUT2D eigenvalue weighted by molar-refractivity contribution is 9.09. The van der Waals surface area contributed by atoms with Crippen LogP contribution in [0, 0.1) is 0 Å². The molecule has 0 unspecified atom stereocenters. The Kier molecular flexibility index (Phi) is 4.93. The first-order chi connectivity index (χ1) is 9.93. The average molecular weight is 364 g/mol. The van der Waals surface area contributed by atoms with Crippen LogP contribution in [0.15, 0.2) is 21.9 Å². The molecule has 116 valence electrons. The van der Waals surface area contributed by atoms with E-state index in [1.165, 1.54) is 6.20 Å². The fourth-order valence-corrected chi connectivity index (χ4v) is 2.22. The molecule has 0 saturated carbocycles. The number of nitrogens with one attached hydrogen (secondary N) is 2. The van der Waals surface area contributed by atoms with Crippen molar-refractivity contribution in [2.45, 2.75) is 24.5 Å². The fraction of sp³-hybridized carbons (Fsp3) is 0.545. The third-order valence-corrected chi connectivity index (χ3v) is 3.59. The van der Waals surface area contributed by atoms with E-state index in [0.717, 1.165) is 10.6 Å². The van der Waals surface area contributed by atoms with E-state index >= 15 is 0 Å². The molecule has 10 heteroatoms. The second-order valence-electron chi connectivity index (χ2n) is 4.50. The van der Waals surface area contributed by atoms with Crippen LogP contribution in [0.4, 0.5) is 0 Å². The van der Waals surface area contributed by atoms with Crippen LogP contribution in [-0.4, -0.2) is 55.9 Å². The van der Waals surface area contributed by atoms with E-state index in [4.69, 9.17) is 4.74 Å². The molecule has 21 heavy (non-hydrogen) atoms. The van der Waals surface area contributed by atoms with Gasteiger partial charge in [0.15, 0.2) is 6.23 Å². The Bertz CT molecular complexity index is 629. The smallest absolute Gasteiger partial charge is 0.330 e. The van der Waals surface area contributed by atoms with Gasteiger partial charge in [-0.2, -0.15) is 0 Å². The highest BCUT2D eigenvalue weighted by Crippen LogP contribution is 2.27. The van der Waals surface area contributed by atoms with Gasteiger partial charge in [0.1, 0.15) is 18.3 Å². The lowest BCUT2D eigenvalue weighted by molar-refractivity contribution is -0.119. The molecule has 9 nitrogen and oxygen atoms in total. The van der Waals surface area contributed by atoms with E-state index in [9.17, 15) is 24.6 Å². The second-order valence-corrected chi connectivity index (χ2v) is 5.06. The summed E-state index contributed by atoms with van der Waals surface area (Å²) in [6.45, 7) is -0.0166. The van der Waals surface area contributed by atoms with Gasteiger partial charge in [0.05, 0.1) is 5.33 Å². The Morgan fingerprint density at radius 2 is 2.14 bits per heavy atom. The summed E-state index contributed by atoms with van der Waals surface area (Å²) in [6, 6.07) is 1.10. The molecule has 2 rings (SSSR count). The number of hydrogen-bond acceptors (Lipinski definition) is 6. The van der Waals surface area contributed by atoms with Gasteiger partial charge in [-0.1, -0.05) is 15.9 Å². The van der Waals surface area contributed by atoms with Crippen LogP contribution in [0.25, 0.3) is 0 Å². The Morgan fingerprint density at radius 1 is 1.43 bits per heavy atom. The number of aliphatic hydroxyl groups is 2. The number of aliphatic hydroxyl groups excluding tert-OH is 2. The lowest BCUT2D eigenvalue weighted by Crippen LogP contribution is -2.40. The van der Waals surface area contributed by atoms with Crippen LogP contribution >= 0.6 is 15.9 Å². The second kappa shape index (κ2) is 6.52. The van der Waals surface area contributed by atoms with Gasteiger partial charge in [0.2, 0.25) is 5.91 Å². The molecular weight excluding hydrogens is 350 g/mol. The summed E-state index contributed by atoms with van der Waals surface area (Å²) in [5, 5.41) is 22.4. The molecule has 0 aliphatic carbocycles. The van der Waals surface area contributed by atoms with Crippen molar-refractivity contribution in [1.82, 2.24) is 14.9 Å². The Hall–Kier alpha value is -1.49. The van der Waals surface area contributed by atoms with Crippen molar-refractivity contribution in [2.75, 3.05) is 11.9 Å². The number of hydrogen-bond donors (Lipinski definition) is 4. The van der Waals surface area contributed by atoms with Crippen LogP contribution < -0.4 is 16.6 Å². The van der Waals surface area contributed by atoms with Crippen LogP contribution in [0.2, 0.25) is 0 Å². The standard InChI is InChI=1S/C11H14BrN3O6/c12-3-7(17)13-4-5-8(18)9(19)10(21-5)15-2-1-6(16)14-11(15)20/h1-2,5,8-10,18-19H,3-4H2,(H,13,17)(H,14,16,20)/t5-,8-,9-,10-/m1/s1. The van der Waals surface area contributed by atoms with Crippen LogP contribution in [0.5, 0.6) is 0 Å². The van der Waals surface area contributed by atoms with Crippen LogP contribution in [0.1, 0.15) is 6.23 Å². The van der Waals surface area contributed by atoms with E-state index < -0.39 is 35.8 Å². The summed E-state index contributed by atoms with van der Waals surface area (Å²) in [5.74, 6) is -0.301. The molecule has 1 aliphatic rings. The summed E-state index contributed by atoms with van der Waals surface area (Å²) in [4.78, 5) is 35.8. The number of nitrogens with zero attached hydrogens (tertiary/aromatic N) is 1. The fourth-order valence-electron chi connectivity index (χ4n) is 2.02. The van der Waals surface area contributed by atoms with Crippen molar-refractivity contribution < 1.29 is 19.7 Å². The number of halogens is 1. The molecule has 4 N–H and O–H groups in total. The van der Waals surface area contributed by atoms with Gasteiger partial charge in [-0.3, -0.25) is 19.1 Å². The minimum Gasteiger partial charge on any atom is -0.387 e. The molecule has 1 aliphatic heterocycles. The molecule has 2 heterocycles. The molecule has 1 fully saturated rings. The molecule has 0 spiro atoms. The number of rotatable bonds is 4. The first kappa shape index (κ1) is 15.9. The number of carbonyl (C=O) groups excluding carboxylic acids is 1. The third kappa shape index (κ3) is 3.40. The van der Waals surface area contributed by atoms with Gasteiger partial charge in [-0.25, -0.2) is 4.79 Å². The van der Waals surface area contributed by atoms with Gasteiger partial charge in [0, 0.05) is 18.8 Å². The SMILES string of the molecule is O=C(CBr)NC[C@H]1O[C@@H](n2ccc(=O)[nH]c2=O)[C@H](O)[C@@H]1O. The summed E-state index contributed by atoms with van der Waals surface area (Å²) < 4.78 is 6.37. The maximum atomic E-state index is 11.7. The maximum absolute atomic E-state index is 11.7. The van der Waals surface area contributed by atoms with Crippen molar-refractivity contribution >= 4 is 21.8 Å². The van der Waals surface area contributed by atoms with E-state index in [1.54, 1.807) is 0 Å². The monoisotopic (exact) mass is 363 g/mol. The lowest BCUT2D eigenvalue weighted by atomic mass is 10.1. The van der Waals surface area contributed by atoms with E-state index in [0.29, 0.717) is 0 Å². The van der Waals surface area contributed by atoms with Gasteiger partial charge in [0.25, 0.3) is 5.56 Å². The minimum atomic E-state index is -1.36. The van der Waals surface area contributed by atoms with Crippen molar-refractivity contribution in [1.29, 1.82) is 0 Å². The number of carbonyl (C=O) groups is 1. The van der Waals surface area contributed by atoms with Crippen molar-refractivity contribution in [3.05, 3.63) is 33.1 Å². The van der Waals surface area contributed by atoms with Gasteiger partial charge in [-0.15, -0.1) is 0 Å². The largest absolute Gasteiger partial charge is 0.387 e. The number of amides is 1. The first-order valence-corrected chi connectivity index (χ1v) is 7.22. The Labute approximate surface area is 126 Å². The van der Waals surface area contributed by atoms with Crippen molar-refractivity contribution in [2.24, 2.45) is 0 Å². The van der Waals surface area contributed by atoms with E-state index in [-0.39, 0.29) is 17.8 Å². The summed E-state index contributed by atoms with van der Waals surface area (Å²) in [5.41, 5.74) is -1.34. The van der Waals surface area contributed by atoms with E-state index in [1.807, 2.05) is 4.98 Å². The molecule has 0 bridgehead atoms. The first-order valence-electron chi connectivity index (χ1n) is 6.09. The summed E-state index contributed by atoms with van der Waals surface area (Å²) in [7, 11) is 0. The highest BCUT2D eigenvalue weighted by Gasteiger charge is 2.44. The zero-order chi connectivity index (χ0) is 15.6. The van der Waals surface area contributed by atoms with Crippen LogP contribution in [-0.2, 0) is 9.53 Å². The van der Waals surface area contributed by atoms with Gasteiger partial charge >= 0.3 is 5.69 Å². The number of H-pyrrole nitrogens is 1. The van der Waals surface area contributed by atoms with E-state index in [2.05, 4.69) is 21.2 Å².